The first-order valence-electron chi connectivity index (χ1n) is 8.20. The Morgan fingerprint density at radius 1 is 1.33 bits per heavy atom. The minimum Gasteiger partial charge on any atom is -0.465 e. The van der Waals surface area contributed by atoms with E-state index in [2.05, 4.69) is 37.8 Å². The van der Waals surface area contributed by atoms with Gasteiger partial charge in [-0.1, -0.05) is 6.07 Å². The molecule has 0 saturated carbocycles. The van der Waals surface area contributed by atoms with E-state index in [4.69, 9.17) is 10.5 Å². The lowest BCUT2D eigenvalue weighted by Crippen LogP contribution is -2.05. The van der Waals surface area contributed by atoms with E-state index in [1.165, 1.54) is 7.11 Å². The van der Waals surface area contributed by atoms with Gasteiger partial charge in [-0.05, 0) is 65.1 Å². The van der Waals surface area contributed by atoms with Gasteiger partial charge in [-0.3, -0.25) is 0 Å². The minimum atomic E-state index is -0.315. The van der Waals surface area contributed by atoms with E-state index in [1.54, 1.807) is 24.2 Å². The molecule has 0 aliphatic rings. The van der Waals surface area contributed by atoms with Gasteiger partial charge in [-0.15, -0.1) is 22.0 Å². The van der Waals surface area contributed by atoms with Crippen LogP contribution in [0.3, 0.4) is 0 Å². The number of benzene rings is 1. The van der Waals surface area contributed by atoms with E-state index in [0.717, 1.165) is 27.2 Å². The molecule has 140 valence electrons. The van der Waals surface area contributed by atoms with Gasteiger partial charge in [0.2, 0.25) is 0 Å². The Kier molecular flexibility index (Phi) is 6.67. The number of carbonyl (C=O) groups excluding carboxylic acids is 1. The number of thioether (sulfide) groups is 1. The molecule has 9 heteroatoms. The molecular formula is C18H18IN5O2S. The van der Waals surface area contributed by atoms with Crippen LogP contribution < -0.4 is 5.73 Å². The number of esters is 1. The molecule has 0 saturated heterocycles. The number of carbonyl (C=O) groups is 1. The zero-order valence-corrected chi connectivity index (χ0v) is 17.6. The summed E-state index contributed by atoms with van der Waals surface area (Å²) >= 11 is 3.82. The Morgan fingerprint density at radius 3 is 2.96 bits per heavy atom. The molecule has 3 rings (SSSR count). The molecule has 7 nitrogen and oxygen atoms in total. The van der Waals surface area contributed by atoms with Gasteiger partial charge in [0.15, 0.2) is 5.82 Å². The Bertz CT molecular complexity index is 947. The van der Waals surface area contributed by atoms with Gasteiger partial charge in [-0.2, -0.15) is 0 Å². The second-order valence-corrected chi connectivity index (χ2v) is 8.01. The van der Waals surface area contributed by atoms with Crippen molar-refractivity contribution in [1.29, 1.82) is 0 Å². The van der Waals surface area contributed by atoms with Crippen LogP contribution in [-0.2, 0) is 11.3 Å². The van der Waals surface area contributed by atoms with Gasteiger partial charge in [0.1, 0.15) is 17.8 Å². The first-order valence-corrected chi connectivity index (χ1v) is 10.3. The van der Waals surface area contributed by atoms with Gasteiger partial charge in [0.25, 0.3) is 0 Å². The third kappa shape index (κ3) is 4.98. The average molecular weight is 495 g/mol. The van der Waals surface area contributed by atoms with Crippen molar-refractivity contribution in [2.24, 2.45) is 0 Å². The van der Waals surface area contributed by atoms with Crippen molar-refractivity contribution >= 4 is 46.1 Å². The zero-order chi connectivity index (χ0) is 19.2. The van der Waals surface area contributed by atoms with Crippen molar-refractivity contribution in [3.8, 4) is 11.5 Å². The van der Waals surface area contributed by atoms with Crippen LogP contribution in [0.2, 0.25) is 0 Å². The average Bonchev–Trinajstić information content (AvgIpc) is 3.14. The van der Waals surface area contributed by atoms with Crippen LogP contribution in [0.4, 0.5) is 5.82 Å². The van der Waals surface area contributed by atoms with Gasteiger partial charge in [0.05, 0.1) is 12.7 Å². The summed E-state index contributed by atoms with van der Waals surface area (Å²) in [7, 11) is 1.40. The van der Waals surface area contributed by atoms with Crippen molar-refractivity contribution in [3.63, 3.8) is 0 Å². The molecule has 0 aliphatic heterocycles. The SMILES string of the molecule is COC(=O)c1cc(I)ccc1SCCCn1cnnc1-c1cccc(N)n1. The van der Waals surface area contributed by atoms with Crippen molar-refractivity contribution in [3.05, 3.63) is 51.9 Å². The minimum absolute atomic E-state index is 0.315. The Morgan fingerprint density at radius 2 is 2.19 bits per heavy atom. The molecule has 0 unspecified atom stereocenters. The lowest BCUT2D eigenvalue weighted by Gasteiger charge is -2.09. The number of aryl methyl sites for hydroxylation is 1. The highest BCUT2D eigenvalue weighted by atomic mass is 127. The maximum Gasteiger partial charge on any atom is 0.339 e. The number of nitrogen functional groups attached to an aromatic ring is 1. The smallest absolute Gasteiger partial charge is 0.339 e. The van der Waals surface area contributed by atoms with Gasteiger partial charge in [-0.25, -0.2) is 9.78 Å². The van der Waals surface area contributed by atoms with Crippen LogP contribution in [0.5, 0.6) is 0 Å². The number of pyridine rings is 1. The second-order valence-electron chi connectivity index (χ2n) is 5.63. The summed E-state index contributed by atoms with van der Waals surface area (Å²) in [6.07, 6.45) is 2.57. The normalized spacial score (nSPS) is 10.7. The van der Waals surface area contributed by atoms with Crippen LogP contribution in [0.1, 0.15) is 16.8 Å². The first kappa shape index (κ1) is 19.6. The van der Waals surface area contributed by atoms with Crippen LogP contribution in [0.25, 0.3) is 11.5 Å². The highest BCUT2D eigenvalue weighted by Gasteiger charge is 2.13. The summed E-state index contributed by atoms with van der Waals surface area (Å²) in [5.41, 5.74) is 7.05. The maximum atomic E-state index is 12.0. The number of methoxy groups -OCH3 is 1. The number of hydrogen-bond acceptors (Lipinski definition) is 7. The predicted octanol–water partition coefficient (Wildman–Crippen LogP) is 3.50. The number of anilines is 1. The van der Waals surface area contributed by atoms with Crippen LogP contribution in [-0.4, -0.2) is 38.6 Å². The summed E-state index contributed by atoms with van der Waals surface area (Å²) in [5.74, 6) is 1.67. The number of nitrogens with zero attached hydrogens (tertiary/aromatic N) is 4. The molecule has 0 fully saturated rings. The molecule has 2 aromatic heterocycles. The van der Waals surface area contributed by atoms with E-state index < -0.39 is 0 Å². The van der Waals surface area contributed by atoms with Gasteiger partial charge < -0.3 is 15.0 Å². The third-order valence-corrected chi connectivity index (χ3v) is 5.59. The van der Waals surface area contributed by atoms with Crippen molar-refractivity contribution in [2.75, 3.05) is 18.6 Å². The summed E-state index contributed by atoms with van der Waals surface area (Å²) in [5, 5.41) is 8.14. The lowest BCUT2D eigenvalue weighted by atomic mass is 10.2. The van der Waals surface area contributed by atoms with E-state index in [1.807, 2.05) is 34.9 Å². The van der Waals surface area contributed by atoms with Crippen LogP contribution >= 0.6 is 34.4 Å². The zero-order valence-electron chi connectivity index (χ0n) is 14.6. The van der Waals surface area contributed by atoms with E-state index in [9.17, 15) is 4.79 Å². The molecule has 0 spiro atoms. The Hall–Kier alpha value is -2.14. The molecule has 0 amide bonds. The predicted molar refractivity (Wildman–Crippen MR) is 114 cm³/mol. The number of halogens is 1. The third-order valence-electron chi connectivity index (χ3n) is 3.76. The highest BCUT2D eigenvalue weighted by molar-refractivity contribution is 14.1. The summed E-state index contributed by atoms with van der Waals surface area (Å²) in [6.45, 7) is 0.740. The first-order chi connectivity index (χ1) is 13.1. The number of ether oxygens (including phenoxy) is 1. The monoisotopic (exact) mass is 495 g/mol. The molecular weight excluding hydrogens is 477 g/mol. The number of hydrogen-bond donors (Lipinski definition) is 1. The van der Waals surface area contributed by atoms with Crippen molar-refractivity contribution in [2.45, 2.75) is 17.9 Å². The quantitative estimate of drug-likeness (QED) is 0.232. The van der Waals surface area contributed by atoms with E-state index in [-0.39, 0.29) is 5.97 Å². The van der Waals surface area contributed by atoms with Crippen LogP contribution in [0.15, 0.2) is 47.6 Å². The Labute approximate surface area is 174 Å². The molecule has 27 heavy (non-hydrogen) atoms. The standard InChI is InChI=1S/C18H18IN5O2S/c1-26-18(25)13-10-12(19)6-7-15(13)27-9-3-8-24-11-21-23-17(24)14-4-2-5-16(20)22-14/h2,4-7,10-11H,3,8-9H2,1H3,(H2,20,22). The molecule has 3 aromatic rings. The van der Waals surface area contributed by atoms with Gasteiger partial charge >= 0.3 is 5.97 Å². The summed E-state index contributed by atoms with van der Waals surface area (Å²) < 4.78 is 7.83. The fraction of sp³-hybridized carbons (Fsp3) is 0.222. The summed E-state index contributed by atoms with van der Waals surface area (Å²) in [6, 6.07) is 11.2. The molecule has 0 aliphatic carbocycles. The topological polar surface area (TPSA) is 95.9 Å². The number of rotatable bonds is 7. The maximum absolute atomic E-state index is 12.0. The molecule has 1 aromatic carbocycles. The summed E-state index contributed by atoms with van der Waals surface area (Å²) in [4.78, 5) is 17.2. The second kappa shape index (κ2) is 9.18. The van der Waals surface area contributed by atoms with Crippen LogP contribution in [0, 0.1) is 3.57 Å². The van der Waals surface area contributed by atoms with E-state index in [0.29, 0.717) is 22.9 Å². The molecule has 0 radical (unpaired) electrons. The number of nitrogens with two attached hydrogens (primary N) is 1. The fourth-order valence-corrected chi connectivity index (χ4v) is 3.95. The number of aromatic nitrogens is 4. The highest BCUT2D eigenvalue weighted by Crippen LogP contribution is 2.26. The fourth-order valence-electron chi connectivity index (χ4n) is 2.51. The lowest BCUT2D eigenvalue weighted by molar-refractivity contribution is 0.0596. The van der Waals surface area contributed by atoms with Crippen molar-refractivity contribution < 1.29 is 9.53 Å². The Balaban J connectivity index is 1.62. The molecule has 2 heterocycles. The van der Waals surface area contributed by atoms with E-state index >= 15 is 0 Å². The molecule has 2 N–H and O–H groups in total. The van der Waals surface area contributed by atoms with Gasteiger partial charge in [0, 0.05) is 15.0 Å². The molecule has 0 atom stereocenters. The molecule has 0 bridgehead atoms. The largest absolute Gasteiger partial charge is 0.465 e. The van der Waals surface area contributed by atoms with Crippen molar-refractivity contribution in [1.82, 2.24) is 19.7 Å².